The number of hydrogen-bond acceptors (Lipinski definition) is 5. The highest BCUT2D eigenvalue weighted by Gasteiger charge is 2.24. The fourth-order valence-electron chi connectivity index (χ4n) is 1.46. The Morgan fingerprint density at radius 2 is 2.05 bits per heavy atom. The van der Waals surface area contributed by atoms with Gasteiger partial charge in [-0.05, 0) is 5.92 Å². The molecular formula is C13H22N2O4S. The van der Waals surface area contributed by atoms with E-state index in [2.05, 4.69) is 5.16 Å². The molecule has 1 amide bonds. The Labute approximate surface area is 120 Å². The van der Waals surface area contributed by atoms with Crippen molar-refractivity contribution >= 4 is 15.9 Å². The lowest BCUT2D eigenvalue weighted by atomic mass is 9.93. The third kappa shape index (κ3) is 4.63. The number of rotatable bonds is 5. The van der Waals surface area contributed by atoms with Gasteiger partial charge < -0.3 is 4.52 Å². The second-order valence-corrected chi connectivity index (χ2v) is 7.82. The van der Waals surface area contributed by atoms with Gasteiger partial charge in [-0.3, -0.25) is 4.79 Å². The van der Waals surface area contributed by atoms with Crippen molar-refractivity contribution in [2.24, 2.45) is 5.92 Å². The predicted molar refractivity (Wildman–Crippen MR) is 75.9 cm³/mol. The molecule has 0 saturated carbocycles. The van der Waals surface area contributed by atoms with Gasteiger partial charge in [0.25, 0.3) is 5.91 Å². The quantitative estimate of drug-likeness (QED) is 0.899. The van der Waals surface area contributed by atoms with Crippen LogP contribution in [0.5, 0.6) is 0 Å². The molecule has 0 bridgehead atoms. The zero-order valence-electron chi connectivity index (χ0n) is 12.6. The molecule has 0 unspecified atom stereocenters. The van der Waals surface area contributed by atoms with Crippen molar-refractivity contribution in [2.75, 3.05) is 5.75 Å². The van der Waals surface area contributed by atoms with Crippen molar-refractivity contribution in [1.82, 2.24) is 9.88 Å². The highest BCUT2D eigenvalue weighted by molar-refractivity contribution is 7.90. The third-order valence-corrected chi connectivity index (χ3v) is 4.44. The minimum atomic E-state index is -3.65. The van der Waals surface area contributed by atoms with Crippen LogP contribution in [0.2, 0.25) is 0 Å². The normalized spacial score (nSPS) is 14.1. The molecule has 1 atom stereocenters. The molecule has 1 aromatic rings. The summed E-state index contributed by atoms with van der Waals surface area (Å²) < 4.78 is 30.7. The Morgan fingerprint density at radius 3 is 2.50 bits per heavy atom. The molecule has 0 fully saturated rings. The van der Waals surface area contributed by atoms with E-state index in [4.69, 9.17) is 4.52 Å². The summed E-state index contributed by atoms with van der Waals surface area (Å²) in [5, 5.41) is 3.61. The van der Waals surface area contributed by atoms with E-state index >= 15 is 0 Å². The maximum Gasteiger partial charge on any atom is 0.286 e. The first-order chi connectivity index (χ1) is 9.05. The fourth-order valence-corrected chi connectivity index (χ4v) is 2.92. The summed E-state index contributed by atoms with van der Waals surface area (Å²) in [5.41, 5.74) is -0.316. The molecular weight excluding hydrogens is 280 g/mol. The van der Waals surface area contributed by atoms with E-state index in [0.717, 1.165) is 6.42 Å². The summed E-state index contributed by atoms with van der Waals surface area (Å²) in [5.74, 6) is -0.323. The molecule has 0 saturated heterocycles. The van der Waals surface area contributed by atoms with Gasteiger partial charge >= 0.3 is 0 Å². The van der Waals surface area contributed by atoms with Crippen LogP contribution in [0.15, 0.2) is 10.6 Å². The van der Waals surface area contributed by atoms with E-state index in [1.54, 1.807) is 0 Å². The van der Waals surface area contributed by atoms with Crippen LogP contribution in [-0.4, -0.2) is 25.2 Å². The van der Waals surface area contributed by atoms with Crippen molar-refractivity contribution in [2.45, 2.75) is 46.5 Å². The summed E-state index contributed by atoms with van der Waals surface area (Å²) in [6.07, 6.45) is 0.729. The van der Waals surface area contributed by atoms with Crippen LogP contribution < -0.4 is 4.72 Å². The SMILES string of the molecule is CC[C@@H](C)CS(=O)(=O)NC(=O)c1cc(C(C)(C)C)on1. The van der Waals surface area contributed by atoms with Gasteiger partial charge in [-0.15, -0.1) is 0 Å². The molecule has 0 radical (unpaired) electrons. The van der Waals surface area contributed by atoms with Crippen LogP contribution in [-0.2, 0) is 15.4 Å². The molecule has 0 aliphatic rings. The lowest BCUT2D eigenvalue weighted by Gasteiger charge is -2.12. The summed E-state index contributed by atoms with van der Waals surface area (Å²) >= 11 is 0. The molecule has 7 heteroatoms. The van der Waals surface area contributed by atoms with Crippen LogP contribution in [0.3, 0.4) is 0 Å². The molecule has 0 spiro atoms. The van der Waals surface area contributed by atoms with Crippen molar-refractivity contribution in [1.29, 1.82) is 0 Å². The smallest absolute Gasteiger partial charge is 0.286 e. The van der Waals surface area contributed by atoms with E-state index in [-0.39, 0.29) is 22.8 Å². The van der Waals surface area contributed by atoms with Gasteiger partial charge in [0.05, 0.1) is 5.75 Å². The Bertz CT molecular complexity index is 569. The summed E-state index contributed by atoms with van der Waals surface area (Å²) in [4.78, 5) is 11.9. The standard InChI is InChI=1S/C13H22N2O4S/c1-6-9(2)8-20(17,18)15-12(16)10-7-11(19-14-10)13(3,4)5/h7,9H,6,8H2,1-5H3,(H,15,16)/t9-/m1/s1. The molecule has 20 heavy (non-hydrogen) atoms. The van der Waals surface area contributed by atoms with E-state index in [1.165, 1.54) is 6.07 Å². The van der Waals surface area contributed by atoms with E-state index in [0.29, 0.717) is 5.76 Å². The Balaban J connectivity index is 2.79. The molecule has 114 valence electrons. The van der Waals surface area contributed by atoms with Crippen molar-refractivity contribution in [3.63, 3.8) is 0 Å². The molecule has 0 aromatic carbocycles. The van der Waals surface area contributed by atoms with Gasteiger partial charge in [-0.1, -0.05) is 46.2 Å². The van der Waals surface area contributed by atoms with Gasteiger partial charge in [0.15, 0.2) is 5.69 Å². The lowest BCUT2D eigenvalue weighted by Crippen LogP contribution is -2.34. The molecule has 1 rings (SSSR count). The van der Waals surface area contributed by atoms with E-state index in [9.17, 15) is 13.2 Å². The molecule has 0 aliphatic heterocycles. The van der Waals surface area contributed by atoms with Gasteiger partial charge in [-0.2, -0.15) is 0 Å². The van der Waals surface area contributed by atoms with E-state index in [1.807, 2.05) is 39.3 Å². The maximum absolute atomic E-state index is 11.9. The Morgan fingerprint density at radius 1 is 1.45 bits per heavy atom. The molecule has 1 N–H and O–H groups in total. The monoisotopic (exact) mass is 302 g/mol. The van der Waals surface area contributed by atoms with Gasteiger partial charge in [-0.25, -0.2) is 13.1 Å². The zero-order valence-corrected chi connectivity index (χ0v) is 13.4. The largest absolute Gasteiger partial charge is 0.360 e. The minimum absolute atomic E-state index is 0.0113. The van der Waals surface area contributed by atoms with Gasteiger partial charge in [0.1, 0.15) is 5.76 Å². The highest BCUT2D eigenvalue weighted by Crippen LogP contribution is 2.22. The van der Waals surface area contributed by atoms with Gasteiger partial charge in [0.2, 0.25) is 10.0 Å². The first-order valence-corrected chi connectivity index (χ1v) is 8.22. The number of carbonyl (C=O) groups is 1. The first kappa shape index (κ1) is 16.7. The number of hydrogen-bond donors (Lipinski definition) is 1. The van der Waals surface area contributed by atoms with Crippen LogP contribution in [0.4, 0.5) is 0 Å². The second kappa shape index (κ2) is 5.95. The summed E-state index contributed by atoms with van der Waals surface area (Å²) in [6, 6.07) is 1.47. The Kier molecular flexibility index (Phi) is 4.96. The number of nitrogens with one attached hydrogen (secondary N) is 1. The number of amides is 1. The highest BCUT2D eigenvalue weighted by atomic mass is 32.2. The molecule has 1 aromatic heterocycles. The van der Waals surface area contributed by atoms with Crippen molar-refractivity contribution in [3.05, 3.63) is 17.5 Å². The number of carbonyl (C=O) groups excluding carboxylic acids is 1. The van der Waals surface area contributed by atoms with Crippen molar-refractivity contribution in [3.8, 4) is 0 Å². The van der Waals surface area contributed by atoms with Gasteiger partial charge in [0, 0.05) is 11.5 Å². The Hall–Kier alpha value is -1.37. The fraction of sp³-hybridized carbons (Fsp3) is 0.692. The average Bonchev–Trinajstić information content (AvgIpc) is 2.76. The van der Waals surface area contributed by atoms with E-state index < -0.39 is 15.9 Å². The lowest BCUT2D eigenvalue weighted by molar-refractivity contribution is 0.0972. The molecule has 6 nitrogen and oxygen atoms in total. The van der Waals surface area contributed by atoms with Crippen LogP contribution in [0.1, 0.15) is 57.3 Å². The summed E-state index contributed by atoms with van der Waals surface area (Å²) in [6.45, 7) is 9.45. The number of aromatic nitrogens is 1. The molecule has 1 heterocycles. The first-order valence-electron chi connectivity index (χ1n) is 6.57. The van der Waals surface area contributed by atoms with Crippen LogP contribution in [0, 0.1) is 5.92 Å². The topological polar surface area (TPSA) is 89.3 Å². The maximum atomic E-state index is 11.9. The van der Waals surface area contributed by atoms with Crippen LogP contribution >= 0.6 is 0 Å². The second-order valence-electron chi connectivity index (χ2n) is 6.05. The zero-order chi connectivity index (χ0) is 15.6. The third-order valence-electron chi connectivity index (χ3n) is 2.93. The van der Waals surface area contributed by atoms with Crippen LogP contribution in [0.25, 0.3) is 0 Å². The number of sulfonamides is 1. The average molecular weight is 302 g/mol. The minimum Gasteiger partial charge on any atom is -0.360 e. The van der Waals surface area contributed by atoms with Crippen molar-refractivity contribution < 1.29 is 17.7 Å². The molecule has 0 aliphatic carbocycles. The number of nitrogens with zero attached hydrogens (tertiary/aromatic N) is 1. The predicted octanol–water partition coefficient (Wildman–Crippen LogP) is 2.08. The summed E-state index contributed by atoms with van der Waals surface area (Å²) in [7, 11) is -3.65.